The minimum absolute atomic E-state index is 0.102. The number of nitrogens with zero attached hydrogens (tertiary/aromatic N) is 1. The van der Waals surface area contributed by atoms with Crippen LogP contribution in [0.4, 0.5) is 5.69 Å². The number of hydrogen-bond donors (Lipinski definition) is 0. The molecule has 0 spiro atoms. The Kier molecular flexibility index (Phi) is 13.4. The van der Waals surface area contributed by atoms with Crippen LogP contribution in [-0.2, 0) is 4.74 Å². The van der Waals surface area contributed by atoms with Gasteiger partial charge in [-0.05, 0) is 55.2 Å². The molecule has 5 nitrogen and oxygen atoms in total. The average Bonchev–Trinajstić information content (AvgIpc) is 2.83. The van der Waals surface area contributed by atoms with E-state index in [0.29, 0.717) is 6.61 Å². The Morgan fingerprint density at radius 1 is 0.794 bits per heavy atom. The van der Waals surface area contributed by atoms with Crippen LogP contribution in [0.3, 0.4) is 0 Å². The number of non-ortho nitro benzene ring substituents is 1. The van der Waals surface area contributed by atoms with E-state index in [2.05, 4.69) is 6.58 Å². The molecule has 0 fully saturated rings. The number of rotatable bonds is 18. The van der Waals surface area contributed by atoms with Gasteiger partial charge in [0, 0.05) is 18.7 Å². The van der Waals surface area contributed by atoms with E-state index in [-0.39, 0.29) is 10.6 Å². The van der Waals surface area contributed by atoms with E-state index in [0.717, 1.165) is 48.5 Å². The quantitative estimate of drug-likeness (QED) is 0.0731. The molecule has 0 aliphatic carbocycles. The summed E-state index contributed by atoms with van der Waals surface area (Å²) in [7, 11) is 0. The van der Waals surface area contributed by atoms with Gasteiger partial charge in [0.1, 0.15) is 5.75 Å². The maximum atomic E-state index is 10.7. The number of ether oxygens (including phenoxy) is 2. The normalized spacial score (nSPS) is 11.1. The highest BCUT2D eigenvalue weighted by Gasteiger charge is 2.02. The Hall–Kier alpha value is -2.92. The molecule has 0 N–H and O–H groups in total. The van der Waals surface area contributed by atoms with Crippen LogP contribution in [0.5, 0.6) is 5.75 Å². The van der Waals surface area contributed by atoms with E-state index >= 15 is 0 Å². The maximum absolute atomic E-state index is 10.7. The SMILES string of the molecule is C=C(C)COCCCCCCCCCCCOc1ccc(/C=C/c2ccc([N+](=O)[O-])cc2)cc1. The van der Waals surface area contributed by atoms with Gasteiger partial charge in [-0.15, -0.1) is 0 Å². The van der Waals surface area contributed by atoms with Crippen LogP contribution < -0.4 is 4.74 Å². The topological polar surface area (TPSA) is 61.6 Å². The van der Waals surface area contributed by atoms with Crippen LogP contribution in [0.25, 0.3) is 12.2 Å². The molecule has 2 aromatic rings. The Labute approximate surface area is 204 Å². The molecule has 0 amide bonds. The summed E-state index contributed by atoms with van der Waals surface area (Å²) in [5, 5.41) is 10.7. The fourth-order valence-corrected chi connectivity index (χ4v) is 3.55. The second-order valence-corrected chi connectivity index (χ2v) is 8.79. The van der Waals surface area contributed by atoms with Crippen LogP contribution in [0, 0.1) is 10.1 Å². The number of benzene rings is 2. The number of nitro benzene ring substituents is 1. The van der Waals surface area contributed by atoms with Crippen LogP contribution in [0.2, 0.25) is 0 Å². The molecule has 2 aromatic carbocycles. The van der Waals surface area contributed by atoms with Crippen molar-refractivity contribution in [3.63, 3.8) is 0 Å². The number of hydrogen-bond acceptors (Lipinski definition) is 4. The summed E-state index contributed by atoms with van der Waals surface area (Å²) in [6, 6.07) is 14.5. The maximum Gasteiger partial charge on any atom is 0.269 e. The third-order valence-electron chi connectivity index (χ3n) is 5.50. The standard InChI is InChI=1S/C29H39NO4/c1-25(2)24-33-22-10-8-6-4-3-5-7-9-11-23-34-29-20-16-27(17-21-29)13-12-26-14-18-28(19-15-26)30(31)32/h12-21H,1,3-11,22-24H2,2H3/b13-12+. The molecule has 184 valence electrons. The third kappa shape index (κ3) is 12.4. The minimum Gasteiger partial charge on any atom is -0.494 e. The van der Waals surface area contributed by atoms with Crippen molar-refractivity contribution >= 4 is 17.8 Å². The Morgan fingerprint density at radius 3 is 1.76 bits per heavy atom. The van der Waals surface area contributed by atoms with Gasteiger partial charge < -0.3 is 9.47 Å². The third-order valence-corrected chi connectivity index (χ3v) is 5.50. The van der Waals surface area contributed by atoms with E-state index in [9.17, 15) is 10.1 Å². The monoisotopic (exact) mass is 465 g/mol. The highest BCUT2D eigenvalue weighted by Crippen LogP contribution is 2.17. The zero-order valence-electron chi connectivity index (χ0n) is 20.5. The van der Waals surface area contributed by atoms with Crippen LogP contribution in [-0.4, -0.2) is 24.7 Å². The fraction of sp³-hybridized carbons (Fsp3) is 0.448. The van der Waals surface area contributed by atoms with E-state index in [1.54, 1.807) is 12.1 Å². The first kappa shape index (κ1) is 27.3. The van der Waals surface area contributed by atoms with Crippen LogP contribution in [0.1, 0.15) is 75.8 Å². The van der Waals surface area contributed by atoms with Gasteiger partial charge in [0.2, 0.25) is 0 Å². The lowest BCUT2D eigenvalue weighted by Gasteiger charge is -2.07. The van der Waals surface area contributed by atoms with Crippen molar-refractivity contribution in [3.8, 4) is 5.75 Å². The first-order chi connectivity index (χ1) is 16.5. The zero-order valence-corrected chi connectivity index (χ0v) is 20.5. The van der Waals surface area contributed by atoms with Crippen molar-refractivity contribution in [2.24, 2.45) is 0 Å². The molecule has 0 bridgehead atoms. The van der Waals surface area contributed by atoms with Crippen molar-refractivity contribution in [1.82, 2.24) is 0 Å². The van der Waals surface area contributed by atoms with Crippen molar-refractivity contribution < 1.29 is 14.4 Å². The Morgan fingerprint density at radius 2 is 1.26 bits per heavy atom. The molecule has 0 saturated heterocycles. The first-order valence-corrected chi connectivity index (χ1v) is 12.4. The van der Waals surface area contributed by atoms with E-state index in [1.807, 2.05) is 43.3 Å². The van der Waals surface area contributed by atoms with E-state index in [1.165, 1.54) is 57.1 Å². The van der Waals surface area contributed by atoms with Gasteiger partial charge in [0.05, 0.1) is 18.1 Å². The van der Waals surface area contributed by atoms with Gasteiger partial charge >= 0.3 is 0 Å². The number of unbranched alkanes of at least 4 members (excludes halogenated alkanes) is 8. The van der Waals surface area contributed by atoms with Crippen molar-refractivity contribution in [1.29, 1.82) is 0 Å². The largest absolute Gasteiger partial charge is 0.494 e. The summed E-state index contributed by atoms with van der Waals surface area (Å²) in [6.45, 7) is 8.14. The summed E-state index contributed by atoms with van der Waals surface area (Å²) in [5.41, 5.74) is 3.18. The van der Waals surface area contributed by atoms with Gasteiger partial charge in [-0.1, -0.05) is 81.4 Å². The molecule has 0 heterocycles. The Balaban J connectivity index is 1.48. The lowest BCUT2D eigenvalue weighted by molar-refractivity contribution is -0.384. The predicted octanol–water partition coefficient (Wildman–Crippen LogP) is 8.25. The lowest BCUT2D eigenvalue weighted by Crippen LogP contribution is -1.97. The van der Waals surface area contributed by atoms with Gasteiger partial charge in [-0.3, -0.25) is 10.1 Å². The average molecular weight is 466 g/mol. The molecule has 0 atom stereocenters. The number of nitro groups is 1. The predicted molar refractivity (Wildman–Crippen MR) is 141 cm³/mol. The minimum atomic E-state index is -0.390. The summed E-state index contributed by atoms with van der Waals surface area (Å²) < 4.78 is 11.4. The Bertz CT molecular complexity index is 872. The van der Waals surface area contributed by atoms with Gasteiger partial charge in [-0.2, -0.15) is 0 Å². The molecule has 5 heteroatoms. The molecular weight excluding hydrogens is 426 g/mol. The summed E-state index contributed by atoms with van der Waals surface area (Å²) in [5.74, 6) is 0.889. The van der Waals surface area contributed by atoms with Gasteiger partial charge in [-0.25, -0.2) is 0 Å². The van der Waals surface area contributed by atoms with Crippen LogP contribution >= 0.6 is 0 Å². The van der Waals surface area contributed by atoms with Crippen molar-refractivity contribution in [2.75, 3.05) is 19.8 Å². The highest BCUT2D eigenvalue weighted by molar-refractivity contribution is 5.70. The molecule has 0 aliphatic rings. The van der Waals surface area contributed by atoms with Crippen molar-refractivity contribution in [3.05, 3.63) is 81.9 Å². The van der Waals surface area contributed by atoms with E-state index < -0.39 is 0 Å². The highest BCUT2D eigenvalue weighted by atomic mass is 16.6. The summed E-state index contributed by atoms with van der Waals surface area (Å²) in [6.07, 6.45) is 15.2. The smallest absolute Gasteiger partial charge is 0.269 e. The molecule has 0 radical (unpaired) electrons. The molecule has 0 aliphatic heterocycles. The van der Waals surface area contributed by atoms with Crippen molar-refractivity contribution in [2.45, 2.75) is 64.7 Å². The summed E-state index contributed by atoms with van der Waals surface area (Å²) in [4.78, 5) is 10.3. The first-order valence-electron chi connectivity index (χ1n) is 12.4. The second kappa shape index (κ2) is 16.7. The zero-order chi connectivity index (χ0) is 24.4. The van der Waals surface area contributed by atoms with Crippen LogP contribution in [0.15, 0.2) is 60.7 Å². The fourth-order valence-electron chi connectivity index (χ4n) is 3.55. The van der Waals surface area contributed by atoms with Gasteiger partial charge in [0.25, 0.3) is 5.69 Å². The van der Waals surface area contributed by atoms with Gasteiger partial charge in [0.15, 0.2) is 0 Å². The second-order valence-electron chi connectivity index (χ2n) is 8.79. The molecule has 0 aromatic heterocycles. The summed E-state index contributed by atoms with van der Waals surface area (Å²) >= 11 is 0. The molecule has 0 unspecified atom stereocenters. The molecular formula is C29H39NO4. The molecule has 2 rings (SSSR count). The van der Waals surface area contributed by atoms with E-state index in [4.69, 9.17) is 9.47 Å². The lowest BCUT2D eigenvalue weighted by atomic mass is 10.1. The molecule has 34 heavy (non-hydrogen) atoms. The molecule has 0 saturated carbocycles.